The van der Waals surface area contributed by atoms with Crippen LogP contribution in [0.3, 0.4) is 0 Å². The quantitative estimate of drug-likeness (QED) is 0.704. The number of ether oxygens (including phenoxy) is 1. The molecule has 2 N–H and O–H groups in total. The number of hydrogen-bond acceptors (Lipinski definition) is 3. The van der Waals surface area contributed by atoms with Gasteiger partial charge in [-0.3, -0.25) is 0 Å². The number of methoxy groups -OCH3 is 1. The molecule has 1 saturated heterocycles. The minimum atomic E-state index is -5.08. The molecule has 4 nitrogen and oxygen atoms in total. The Balaban J connectivity index is 0.000000265. The van der Waals surface area contributed by atoms with Crippen molar-refractivity contribution >= 4 is 5.97 Å². The standard InChI is InChI=1S/C6H13NO.C2HF3O2/c1-8-6-3-2-4-7-5-6;3-2(4,5)1(6)7/h6-7H,2-5H2,1H3;(H,6,7)/t6-;/m1./s1. The van der Waals surface area contributed by atoms with E-state index in [0.29, 0.717) is 6.10 Å². The normalized spacial score (nSPS) is 21.5. The molecule has 0 bridgehead atoms. The molecule has 1 aliphatic rings. The summed E-state index contributed by atoms with van der Waals surface area (Å²) in [5, 5.41) is 10.4. The number of carboxylic acid groups (broad SMARTS) is 1. The Morgan fingerprint density at radius 3 is 2.27 bits per heavy atom. The van der Waals surface area contributed by atoms with Crippen LogP contribution in [0.5, 0.6) is 0 Å². The Morgan fingerprint density at radius 1 is 1.53 bits per heavy atom. The number of hydrogen-bond donors (Lipinski definition) is 2. The zero-order valence-electron chi connectivity index (χ0n) is 8.30. The lowest BCUT2D eigenvalue weighted by atomic mass is 10.1. The maximum atomic E-state index is 10.6. The number of piperidine rings is 1. The van der Waals surface area contributed by atoms with Crippen LogP contribution >= 0.6 is 0 Å². The van der Waals surface area contributed by atoms with Gasteiger partial charge in [-0.1, -0.05) is 0 Å². The molecule has 0 aromatic carbocycles. The van der Waals surface area contributed by atoms with Crippen LogP contribution in [0.15, 0.2) is 0 Å². The number of carboxylic acids is 1. The van der Waals surface area contributed by atoms with E-state index in [-0.39, 0.29) is 0 Å². The van der Waals surface area contributed by atoms with E-state index in [2.05, 4.69) is 5.32 Å². The predicted molar refractivity (Wildman–Crippen MR) is 46.6 cm³/mol. The lowest BCUT2D eigenvalue weighted by Gasteiger charge is -2.20. The maximum absolute atomic E-state index is 10.6. The molecule has 0 amide bonds. The largest absolute Gasteiger partial charge is 0.490 e. The van der Waals surface area contributed by atoms with Crippen molar-refractivity contribution in [2.24, 2.45) is 0 Å². The summed E-state index contributed by atoms with van der Waals surface area (Å²) in [6, 6.07) is 0. The van der Waals surface area contributed by atoms with Crippen LogP contribution in [0.4, 0.5) is 13.2 Å². The van der Waals surface area contributed by atoms with E-state index in [9.17, 15) is 13.2 Å². The van der Waals surface area contributed by atoms with Crippen molar-refractivity contribution in [1.82, 2.24) is 5.32 Å². The zero-order valence-corrected chi connectivity index (χ0v) is 8.30. The minimum absolute atomic E-state index is 0.476. The van der Waals surface area contributed by atoms with Gasteiger partial charge in [-0.05, 0) is 19.4 Å². The summed E-state index contributed by atoms with van der Waals surface area (Å²) in [6.07, 6.45) is -2.12. The predicted octanol–water partition coefficient (Wildman–Crippen LogP) is 1.02. The number of aliphatic carboxylic acids is 1. The first-order valence-corrected chi connectivity index (χ1v) is 4.41. The topological polar surface area (TPSA) is 58.6 Å². The Morgan fingerprint density at radius 2 is 2.07 bits per heavy atom. The van der Waals surface area contributed by atoms with Gasteiger partial charge >= 0.3 is 12.1 Å². The Kier molecular flexibility index (Phi) is 6.26. The second kappa shape index (κ2) is 6.62. The van der Waals surface area contributed by atoms with Gasteiger partial charge in [0.2, 0.25) is 0 Å². The molecule has 1 atom stereocenters. The molecule has 1 aliphatic heterocycles. The van der Waals surface area contributed by atoms with Gasteiger partial charge in [0.15, 0.2) is 0 Å². The highest BCUT2D eigenvalue weighted by Gasteiger charge is 2.38. The molecule has 1 fully saturated rings. The lowest BCUT2D eigenvalue weighted by molar-refractivity contribution is -0.192. The van der Waals surface area contributed by atoms with Crippen molar-refractivity contribution in [2.45, 2.75) is 25.1 Å². The average molecular weight is 229 g/mol. The van der Waals surface area contributed by atoms with Gasteiger partial charge in [0, 0.05) is 13.7 Å². The summed E-state index contributed by atoms with van der Waals surface area (Å²) in [6.45, 7) is 2.20. The van der Waals surface area contributed by atoms with Crippen molar-refractivity contribution < 1.29 is 27.8 Å². The van der Waals surface area contributed by atoms with Gasteiger partial charge in [0.1, 0.15) is 0 Å². The minimum Gasteiger partial charge on any atom is -0.475 e. The molecule has 0 aromatic rings. The summed E-state index contributed by atoms with van der Waals surface area (Å²) in [5.41, 5.74) is 0. The summed E-state index contributed by atoms with van der Waals surface area (Å²) in [4.78, 5) is 8.90. The lowest BCUT2D eigenvalue weighted by Crippen LogP contribution is -2.34. The molecule has 0 saturated carbocycles. The second-order valence-corrected chi connectivity index (χ2v) is 3.01. The summed E-state index contributed by atoms with van der Waals surface area (Å²) < 4.78 is 36.9. The van der Waals surface area contributed by atoms with E-state index in [4.69, 9.17) is 14.6 Å². The van der Waals surface area contributed by atoms with Crippen LogP contribution in [0.1, 0.15) is 12.8 Å². The van der Waals surface area contributed by atoms with Gasteiger partial charge in [-0.15, -0.1) is 0 Å². The van der Waals surface area contributed by atoms with E-state index in [1.54, 1.807) is 7.11 Å². The Bertz CT molecular complexity index is 190. The highest BCUT2D eigenvalue weighted by molar-refractivity contribution is 5.73. The molecule has 0 unspecified atom stereocenters. The fraction of sp³-hybridized carbons (Fsp3) is 0.875. The van der Waals surface area contributed by atoms with E-state index in [1.807, 2.05) is 0 Å². The molecule has 1 heterocycles. The molecule has 0 spiro atoms. The van der Waals surface area contributed by atoms with Gasteiger partial charge in [0.05, 0.1) is 6.10 Å². The smallest absolute Gasteiger partial charge is 0.475 e. The second-order valence-electron chi connectivity index (χ2n) is 3.01. The highest BCUT2D eigenvalue weighted by atomic mass is 19.4. The van der Waals surface area contributed by atoms with E-state index in [1.165, 1.54) is 19.4 Å². The van der Waals surface area contributed by atoms with Crippen LogP contribution < -0.4 is 5.32 Å². The van der Waals surface area contributed by atoms with Crippen molar-refractivity contribution in [3.63, 3.8) is 0 Å². The number of alkyl halides is 3. The Labute approximate surface area is 85.4 Å². The van der Waals surface area contributed by atoms with Gasteiger partial charge < -0.3 is 15.2 Å². The summed E-state index contributed by atoms with van der Waals surface area (Å²) in [5.74, 6) is -2.76. The number of carbonyl (C=O) groups is 1. The molecule has 0 aromatic heterocycles. The first kappa shape index (κ1) is 14.2. The van der Waals surface area contributed by atoms with Crippen LogP contribution in [0.25, 0.3) is 0 Å². The average Bonchev–Trinajstić information content (AvgIpc) is 2.18. The number of nitrogens with one attached hydrogen (secondary N) is 1. The monoisotopic (exact) mass is 229 g/mol. The van der Waals surface area contributed by atoms with E-state index >= 15 is 0 Å². The molecule has 0 aliphatic carbocycles. The molecule has 15 heavy (non-hydrogen) atoms. The fourth-order valence-electron chi connectivity index (χ4n) is 1.02. The summed E-state index contributed by atoms with van der Waals surface area (Å²) in [7, 11) is 1.78. The number of rotatable bonds is 1. The number of halogens is 3. The third kappa shape index (κ3) is 7.15. The molecule has 90 valence electrons. The van der Waals surface area contributed by atoms with Crippen molar-refractivity contribution in [2.75, 3.05) is 20.2 Å². The van der Waals surface area contributed by atoms with Crippen LogP contribution in [0.2, 0.25) is 0 Å². The van der Waals surface area contributed by atoms with Crippen LogP contribution in [0, 0.1) is 0 Å². The highest BCUT2D eigenvalue weighted by Crippen LogP contribution is 2.13. The molecular formula is C8H14F3NO3. The van der Waals surface area contributed by atoms with Crippen molar-refractivity contribution in [3.8, 4) is 0 Å². The first-order valence-electron chi connectivity index (χ1n) is 4.41. The zero-order chi connectivity index (χ0) is 11.9. The van der Waals surface area contributed by atoms with Gasteiger partial charge in [-0.25, -0.2) is 4.79 Å². The molecule has 1 rings (SSSR count). The maximum Gasteiger partial charge on any atom is 0.490 e. The molecular weight excluding hydrogens is 215 g/mol. The van der Waals surface area contributed by atoms with Crippen molar-refractivity contribution in [3.05, 3.63) is 0 Å². The van der Waals surface area contributed by atoms with Crippen LogP contribution in [-0.4, -0.2) is 43.6 Å². The molecule has 7 heteroatoms. The van der Waals surface area contributed by atoms with E-state index < -0.39 is 12.1 Å². The SMILES string of the molecule is CO[C@@H]1CCCNC1.O=C(O)C(F)(F)F. The fourth-order valence-corrected chi connectivity index (χ4v) is 1.02. The van der Waals surface area contributed by atoms with Crippen LogP contribution in [-0.2, 0) is 9.53 Å². The third-order valence-electron chi connectivity index (χ3n) is 1.83. The van der Waals surface area contributed by atoms with Gasteiger partial charge in [-0.2, -0.15) is 13.2 Å². The first-order chi connectivity index (χ1) is 6.88. The summed E-state index contributed by atoms with van der Waals surface area (Å²) >= 11 is 0. The van der Waals surface area contributed by atoms with Crippen molar-refractivity contribution in [1.29, 1.82) is 0 Å². The van der Waals surface area contributed by atoms with E-state index in [0.717, 1.165) is 6.54 Å². The Hall–Kier alpha value is -0.820. The molecule has 0 radical (unpaired) electrons. The van der Waals surface area contributed by atoms with Gasteiger partial charge in [0.25, 0.3) is 0 Å². The third-order valence-corrected chi connectivity index (χ3v) is 1.83.